The molecule has 25 heavy (non-hydrogen) atoms. The Bertz CT molecular complexity index is 805. The van der Waals surface area contributed by atoms with Gasteiger partial charge in [0.25, 0.3) is 0 Å². The molecule has 0 saturated carbocycles. The molecular formula is C19H17F2NO3. The average molecular weight is 345 g/mol. The molecule has 1 aliphatic heterocycles. The van der Waals surface area contributed by atoms with Crippen molar-refractivity contribution in [1.29, 1.82) is 0 Å². The van der Waals surface area contributed by atoms with Crippen LogP contribution in [0.1, 0.15) is 40.4 Å². The number of rotatable bonds is 4. The average Bonchev–Trinajstić information content (AvgIpc) is 3.04. The fraction of sp³-hybridized carbons (Fsp3) is 0.263. The van der Waals surface area contributed by atoms with Crippen LogP contribution in [0.4, 0.5) is 8.78 Å². The molecule has 130 valence electrons. The molecule has 0 aromatic heterocycles. The zero-order chi connectivity index (χ0) is 18.0. The SMILES string of the molecule is O=C(O)c1ccc(CC(=O)N2CCCC2c2ccc(F)cc2F)cc1. The van der Waals surface area contributed by atoms with E-state index in [9.17, 15) is 18.4 Å². The molecule has 1 saturated heterocycles. The summed E-state index contributed by atoms with van der Waals surface area (Å²) >= 11 is 0. The molecule has 1 heterocycles. The van der Waals surface area contributed by atoms with Gasteiger partial charge in [-0.3, -0.25) is 4.79 Å². The number of likely N-dealkylation sites (tertiary alicyclic amines) is 1. The number of nitrogens with zero attached hydrogens (tertiary/aromatic N) is 1. The highest BCUT2D eigenvalue weighted by Crippen LogP contribution is 2.34. The molecule has 2 aromatic carbocycles. The Morgan fingerprint density at radius 3 is 2.48 bits per heavy atom. The van der Waals surface area contributed by atoms with Crippen LogP contribution >= 0.6 is 0 Å². The number of carbonyl (C=O) groups excluding carboxylic acids is 1. The first kappa shape index (κ1) is 17.1. The minimum Gasteiger partial charge on any atom is -0.478 e. The zero-order valence-electron chi connectivity index (χ0n) is 13.4. The third kappa shape index (κ3) is 3.68. The second-order valence-electron chi connectivity index (χ2n) is 6.09. The van der Waals surface area contributed by atoms with E-state index >= 15 is 0 Å². The van der Waals surface area contributed by atoms with Gasteiger partial charge in [0.1, 0.15) is 11.6 Å². The van der Waals surface area contributed by atoms with Crippen molar-refractivity contribution in [3.8, 4) is 0 Å². The number of benzene rings is 2. The summed E-state index contributed by atoms with van der Waals surface area (Å²) in [6, 6.07) is 9.13. The van der Waals surface area contributed by atoms with Crippen LogP contribution in [-0.2, 0) is 11.2 Å². The topological polar surface area (TPSA) is 57.6 Å². The van der Waals surface area contributed by atoms with E-state index in [0.717, 1.165) is 12.5 Å². The van der Waals surface area contributed by atoms with E-state index in [1.807, 2.05) is 0 Å². The summed E-state index contributed by atoms with van der Waals surface area (Å²) in [5.41, 5.74) is 1.18. The maximum absolute atomic E-state index is 14.1. The minimum absolute atomic E-state index is 0.110. The van der Waals surface area contributed by atoms with Gasteiger partial charge in [0.05, 0.1) is 18.0 Å². The van der Waals surface area contributed by atoms with Crippen LogP contribution in [0.3, 0.4) is 0 Å². The Labute approximate surface area is 143 Å². The Morgan fingerprint density at radius 2 is 1.84 bits per heavy atom. The number of amides is 1. The largest absolute Gasteiger partial charge is 0.478 e. The van der Waals surface area contributed by atoms with Gasteiger partial charge in [-0.25, -0.2) is 13.6 Å². The van der Waals surface area contributed by atoms with Gasteiger partial charge in [-0.05, 0) is 36.6 Å². The summed E-state index contributed by atoms with van der Waals surface area (Å²) in [5, 5.41) is 8.90. The predicted octanol–water partition coefficient (Wildman–Crippen LogP) is 3.57. The van der Waals surface area contributed by atoms with E-state index in [2.05, 4.69) is 0 Å². The first-order valence-corrected chi connectivity index (χ1v) is 8.02. The maximum atomic E-state index is 14.1. The van der Waals surface area contributed by atoms with Crippen molar-refractivity contribution in [3.05, 3.63) is 70.8 Å². The lowest BCUT2D eigenvalue weighted by atomic mass is 10.0. The number of aromatic carboxylic acids is 1. The number of carboxylic acids is 1. The van der Waals surface area contributed by atoms with Crippen molar-refractivity contribution in [2.75, 3.05) is 6.54 Å². The molecule has 2 aromatic rings. The van der Waals surface area contributed by atoms with Gasteiger partial charge in [-0.2, -0.15) is 0 Å². The molecule has 6 heteroatoms. The van der Waals surface area contributed by atoms with Gasteiger partial charge >= 0.3 is 5.97 Å². The van der Waals surface area contributed by atoms with Crippen LogP contribution in [-0.4, -0.2) is 28.4 Å². The monoisotopic (exact) mass is 345 g/mol. The number of carbonyl (C=O) groups is 2. The van der Waals surface area contributed by atoms with Gasteiger partial charge < -0.3 is 10.0 Å². The molecule has 1 unspecified atom stereocenters. The van der Waals surface area contributed by atoms with Crippen LogP contribution in [0.5, 0.6) is 0 Å². The number of halogens is 2. The van der Waals surface area contributed by atoms with Crippen molar-refractivity contribution in [3.63, 3.8) is 0 Å². The second kappa shape index (κ2) is 7.01. The normalized spacial score (nSPS) is 16.9. The van der Waals surface area contributed by atoms with Gasteiger partial charge in [0.2, 0.25) is 5.91 Å². The first-order valence-electron chi connectivity index (χ1n) is 8.02. The van der Waals surface area contributed by atoms with Gasteiger partial charge in [0, 0.05) is 18.2 Å². The highest BCUT2D eigenvalue weighted by atomic mass is 19.1. The van der Waals surface area contributed by atoms with E-state index in [0.29, 0.717) is 24.1 Å². The number of hydrogen-bond acceptors (Lipinski definition) is 2. The Balaban J connectivity index is 1.75. The van der Waals surface area contributed by atoms with Crippen LogP contribution in [0.2, 0.25) is 0 Å². The van der Waals surface area contributed by atoms with Crippen molar-refractivity contribution in [2.24, 2.45) is 0 Å². The molecule has 4 nitrogen and oxygen atoms in total. The van der Waals surface area contributed by atoms with E-state index in [1.165, 1.54) is 24.3 Å². The highest BCUT2D eigenvalue weighted by molar-refractivity contribution is 5.87. The van der Waals surface area contributed by atoms with Gasteiger partial charge in [-0.15, -0.1) is 0 Å². The fourth-order valence-electron chi connectivity index (χ4n) is 3.20. The molecule has 1 N–H and O–H groups in total. The van der Waals surface area contributed by atoms with Crippen LogP contribution in [0.25, 0.3) is 0 Å². The molecule has 1 fully saturated rings. The van der Waals surface area contributed by atoms with Gasteiger partial charge in [0.15, 0.2) is 0 Å². The van der Waals surface area contributed by atoms with Crippen LogP contribution < -0.4 is 0 Å². The first-order chi connectivity index (χ1) is 12.0. The molecule has 1 aliphatic rings. The Kier molecular flexibility index (Phi) is 4.79. The van der Waals surface area contributed by atoms with Crippen molar-refractivity contribution >= 4 is 11.9 Å². The molecule has 0 aliphatic carbocycles. The second-order valence-corrected chi connectivity index (χ2v) is 6.09. The minimum atomic E-state index is -1.02. The summed E-state index contributed by atoms with van der Waals surface area (Å²) < 4.78 is 27.2. The van der Waals surface area contributed by atoms with Crippen molar-refractivity contribution in [1.82, 2.24) is 4.90 Å². The Morgan fingerprint density at radius 1 is 1.12 bits per heavy atom. The van der Waals surface area contributed by atoms with E-state index in [4.69, 9.17) is 5.11 Å². The molecule has 0 bridgehead atoms. The van der Waals surface area contributed by atoms with Crippen LogP contribution in [0.15, 0.2) is 42.5 Å². The summed E-state index contributed by atoms with van der Waals surface area (Å²) in [6.45, 7) is 0.521. The molecular weight excluding hydrogens is 328 g/mol. The highest BCUT2D eigenvalue weighted by Gasteiger charge is 2.31. The molecule has 0 spiro atoms. The summed E-state index contributed by atoms with van der Waals surface area (Å²) in [4.78, 5) is 25.1. The van der Waals surface area contributed by atoms with E-state index < -0.39 is 23.6 Å². The molecule has 1 atom stereocenters. The summed E-state index contributed by atoms with van der Waals surface area (Å²) in [7, 11) is 0. The van der Waals surface area contributed by atoms with Crippen molar-refractivity contribution in [2.45, 2.75) is 25.3 Å². The standard InChI is InChI=1S/C19H17F2NO3/c20-14-7-8-15(16(21)11-14)17-2-1-9-22(17)18(23)10-12-3-5-13(6-4-12)19(24)25/h3-8,11,17H,1-2,9-10H2,(H,24,25). The third-order valence-corrected chi connectivity index (χ3v) is 4.45. The Hall–Kier alpha value is -2.76. The zero-order valence-corrected chi connectivity index (χ0v) is 13.4. The van der Waals surface area contributed by atoms with Crippen molar-refractivity contribution < 1.29 is 23.5 Å². The number of hydrogen-bond donors (Lipinski definition) is 1. The summed E-state index contributed by atoms with van der Waals surface area (Å²) in [5.74, 6) is -2.47. The fourth-order valence-corrected chi connectivity index (χ4v) is 3.20. The lowest BCUT2D eigenvalue weighted by Crippen LogP contribution is -2.32. The molecule has 0 radical (unpaired) electrons. The summed E-state index contributed by atoms with van der Waals surface area (Å²) in [6.07, 6.45) is 1.50. The smallest absolute Gasteiger partial charge is 0.335 e. The van der Waals surface area contributed by atoms with E-state index in [1.54, 1.807) is 17.0 Å². The van der Waals surface area contributed by atoms with Gasteiger partial charge in [-0.1, -0.05) is 18.2 Å². The lowest BCUT2D eigenvalue weighted by Gasteiger charge is -2.25. The van der Waals surface area contributed by atoms with Crippen LogP contribution in [0, 0.1) is 11.6 Å². The molecule has 3 rings (SSSR count). The predicted molar refractivity (Wildman–Crippen MR) is 87.2 cm³/mol. The van der Waals surface area contributed by atoms with E-state index in [-0.39, 0.29) is 17.9 Å². The molecule has 1 amide bonds. The quantitative estimate of drug-likeness (QED) is 0.922. The number of carboxylic acid groups (broad SMARTS) is 1. The lowest BCUT2D eigenvalue weighted by molar-refractivity contribution is -0.131. The maximum Gasteiger partial charge on any atom is 0.335 e. The third-order valence-electron chi connectivity index (χ3n) is 4.45.